The van der Waals surface area contributed by atoms with E-state index in [1.165, 1.54) is 0 Å². The van der Waals surface area contributed by atoms with Gasteiger partial charge in [0, 0.05) is 26.2 Å². The minimum absolute atomic E-state index is 0.281. The molecule has 2 heterocycles. The molecule has 106 valence electrons. The minimum atomic E-state index is -0.523. The van der Waals surface area contributed by atoms with E-state index < -0.39 is 5.60 Å². The second-order valence-corrected chi connectivity index (χ2v) is 6.15. The zero-order valence-corrected chi connectivity index (χ0v) is 12.1. The van der Waals surface area contributed by atoms with E-state index in [-0.39, 0.29) is 12.2 Å². The fourth-order valence-electron chi connectivity index (χ4n) is 3.43. The monoisotopic (exact) mass is 256 g/mol. The normalized spacial score (nSPS) is 40.0. The molecule has 4 nitrogen and oxygen atoms in total. The second kappa shape index (κ2) is 5.87. The van der Waals surface area contributed by atoms with Crippen LogP contribution in [0.2, 0.25) is 0 Å². The number of piperidine rings is 1. The van der Waals surface area contributed by atoms with Crippen molar-refractivity contribution in [3.63, 3.8) is 0 Å². The predicted molar refractivity (Wildman–Crippen MR) is 72.7 cm³/mol. The second-order valence-electron chi connectivity index (χ2n) is 6.15. The van der Waals surface area contributed by atoms with Gasteiger partial charge in [-0.05, 0) is 39.8 Å². The van der Waals surface area contributed by atoms with E-state index >= 15 is 0 Å². The van der Waals surface area contributed by atoms with Crippen LogP contribution in [0.3, 0.4) is 0 Å². The molecule has 0 aromatic rings. The summed E-state index contributed by atoms with van der Waals surface area (Å²) in [5.74, 6) is 0. The lowest BCUT2D eigenvalue weighted by Crippen LogP contribution is -2.57. The van der Waals surface area contributed by atoms with Crippen molar-refractivity contribution in [2.45, 2.75) is 51.4 Å². The lowest BCUT2D eigenvalue weighted by Gasteiger charge is -2.44. The Morgan fingerprint density at radius 2 is 1.89 bits per heavy atom. The first-order valence-electron chi connectivity index (χ1n) is 7.33. The molecule has 0 spiro atoms. The lowest BCUT2D eigenvalue weighted by atomic mass is 9.91. The fourth-order valence-corrected chi connectivity index (χ4v) is 3.43. The number of rotatable bonds is 3. The number of likely N-dealkylation sites (tertiary alicyclic amines) is 1. The summed E-state index contributed by atoms with van der Waals surface area (Å²) >= 11 is 0. The van der Waals surface area contributed by atoms with Crippen molar-refractivity contribution >= 4 is 0 Å². The van der Waals surface area contributed by atoms with E-state index in [1.807, 2.05) is 0 Å². The Bertz CT molecular complexity index is 265. The zero-order chi connectivity index (χ0) is 13.2. The first-order chi connectivity index (χ1) is 8.50. The number of aliphatic hydroxyl groups is 1. The number of hydrogen-bond acceptors (Lipinski definition) is 4. The highest BCUT2D eigenvalue weighted by molar-refractivity contribution is 4.91. The Balaban J connectivity index is 1.90. The van der Waals surface area contributed by atoms with Crippen LogP contribution in [0.5, 0.6) is 0 Å². The zero-order valence-electron chi connectivity index (χ0n) is 12.1. The molecule has 0 unspecified atom stereocenters. The molecule has 0 amide bonds. The number of hydrogen-bond donors (Lipinski definition) is 1. The summed E-state index contributed by atoms with van der Waals surface area (Å²) in [7, 11) is 0. The van der Waals surface area contributed by atoms with Gasteiger partial charge in [-0.3, -0.25) is 4.90 Å². The standard InChI is InChI=1S/C14H28N2O2/c1-4-15-7-5-6-14(17,10-15)11-16-8-12(2)18-13(3)9-16/h12-13,17H,4-11H2,1-3H3/t12-,13+,14-/m1/s1. The molecule has 0 radical (unpaired) electrons. The summed E-state index contributed by atoms with van der Waals surface area (Å²) in [6.07, 6.45) is 2.61. The SMILES string of the molecule is CCN1CCC[C@](O)(CN2C[C@@H](C)O[C@@H](C)C2)C1. The summed E-state index contributed by atoms with van der Waals surface area (Å²) in [6.45, 7) is 12.1. The molecule has 1 N–H and O–H groups in total. The van der Waals surface area contributed by atoms with Gasteiger partial charge in [-0.25, -0.2) is 0 Å². The average Bonchev–Trinajstić information content (AvgIpc) is 2.26. The van der Waals surface area contributed by atoms with Crippen LogP contribution in [0.1, 0.15) is 33.6 Å². The maximum atomic E-state index is 10.8. The van der Waals surface area contributed by atoms with E-state index in [0.29, 0.717) is 0 Å². The van der Waals surface area contributed by atoms with E-state index in [2.05, 4.69) is 30.6 Å². The Morgan fingerprint density at radius 1 is 1.22 bits per heavy atom. The van der Waals surface area contributed by atoms with Crippen LogP contribution in [0, 0.1) is 0 Å². The Morgan fingerprint density at radius 3 is 2.50 bits per heavy atom. The molecule has 0 aliphatic carbocycles. The van der Waals surface area contributed by atoms with Crippen LogP contribution in [0.15, 0.2) is 0 Å². The Labute approximate surface area is 111 Å². The molecule has 0 aromatic carbocycles. The maximum Gasteiger partial charge on any atom is 0.0900 e. The molecule has 2 saturated heterocycles. The summed E-state index contributed by atoms with van der Waals surface area (Å²) in [6, 6.07) is 0. The van der Waals surface area contributed by atoms with Crippen LogP contribution in [-0.4, -0.2) is 72.0 Å². The van der Waals surface area contributed by atoms with Crippen molar-refractivity contribution < 1.29 is 9.84 Å². The van der Waals surface area contributed by atoms with Gasteiger partial charge in [0.15, 0.2) is 0 Å². The van der Waals surface area contributed by atoms with Crippen LogP contribution >= 0.6 is 0 Å². The topological polar surface area (TPSA) is 35.9 Å². The molecule has 0 bridgehead atoms. The maximum absolute atomic E-state index is 10.8. The third-order valence-corrected chi connectivity index (χ3v) is 4.09. The largest absolute Gasteiger partial charge is 0.387 e. The first-order valence-corrected chi connectivity index (χ1v) is 7.33. The minimum Gasteiger partial charge on any atom is -0.387 e. The molecule has 0 aromatic heterocycles. The van der Waals surface area contributed by atoms with Crippen molar-refractivity contribution in [1.29, 1.82) is 0 Å². The third-order valence-electron chi connectivity index (χ3n) is 4.09. The molecule has 4 heteroatoms. The van der Waals surface area contributed by atoms with Crippen LogP contribution < -0.4 is 0 Å². The number of ether oxygens (including phenoxy) is 1. The number of likely N-dealkylation sites (N-methyl/N-ethyl adjacent to an activating group) is 1. The predicted octanol–water partition coefficient (Wildman–Crippen LogP) is 0.942. The smallest absolute Gasteiger partial charge is 0.0900 e. The van der Waals surface area contributed by atoms with Crippen molar-refractivity contribution in [3.05, 3.63) is 0 Å². The lowest BCUT2D eigenvalue weighted by molar-refractivity contribution is -0.106. The number of nitrogens with zero attached hydrogens (tertiary/aromatic N) is 2. The van der Waals surface area contributed by atoms with E-state index in [0.717, 1.165) is 52.1 Å². The fraction of sp³-hybridized carbons (Fsp3) is 1.00. The summed E-state index contributed by atoms with van der Waals surface area (Å²) in [5, 5.41) is 10.8. The van der Waals surface area contributed by atoms with Gasteiger partial charge in [0.25, 0.3) is 0 Å². The molecule has 0 saturated carbocycles. The summed E-state index contributed by atoms with van der Waals surface area (Å²) in [5.41, 5.74) is -0.523. The quantitative estimate of drug-likeness (QED) is 0.815. The molecular weight excluding hydrogens is 228 g/mol. The molecule has 3 atom stereocenters. The van der Waals surface area contributed by atoms with Gasteiger partial charge in [-0.15, -0.1) is 0 Å². The van der Waals surface area contributed by atoms with Gasteiger partial charge in [0.1, 0.15) is 0 Å². The Hall–Kier alpha value is -0.160. The number of β-amino-alcohol motifs (C(OH)–C–C–N with tert-alkyl or cyclic N) is 1. The van der Waals surface area contributed by atoms with Crippen molar-refractivity contribution in [2.75, 3.05) is 39.3 Å². The molecule has 18 heavy (non-hydrogen) atoms. The van der Waals surface area contributed by atoms with E-state index in [4.69, 9.17) is 4.74 Å². The highest BCUT2D eigenvalue weighted by Crippen LogP contribution is 2.23. The van der Waals surface area contributed by atoms with Crippen LogP contribution in [-0.2, 0) is 4.74 Å². The molecule has 2 aliphatic heterocycles. The van der Waals surface area contributed by atoms with Gasteiger partial charge in [0.05, 0.1) is 17.8 Å². The van der Waals surface area contributed by atoms with Gasteiger partial charge >= 0.3 is 0 Å². The van der Waals surface area contributed by atoms with E-state index in [9.17, 15) is 5.11 Å². The van der Waals surface area contributed by atoms with Crippen LogP contribution in [0.4, 0.5) is 0 Å². The van der Waals surface area contributed by atoms with Gasteiger partial charge in [0.2, 0.25) is 0 Å². The highest BCUT2D eigenvalue weighted by atomic mass is 16.5. The highest BCUT2D eigenvalue weighted by Gasteiger charge is 2.36. The van der Waals surface area contributed by atoms with Crippen molar-refractivity contribution in [3.8, 4) is 0 Å². The van der Waals surface area contributed by atoms with Crippen molar-refractivity contribution in [2.24, 2.45) is 0 Å². The average molecular weight is 256 g/mol. The van der Waals surface area contributed by atoms with E-state index in [1.54, 1.807) is 0 Å². The first kappa shape index (κ1) is 14.3. The van der Waals surface area contributed by atoms with Gasteiger partial charge in [-0.1, -0.05) is 6.92 Å². The molecular formula is C14H28N2O2. The number of morpholine rings is 1. The summed E-state index contributed by atoms with van der Waals surface area (Å²) < 4.78 is 5.75. The van der Waals surface area contributed by atoms with Gasteiger partial charge in [-0.2, -0.15) is 0 Å². The van der Waals surface area contributed by atoms with Crippen molar-refractivity contribution in [1.82, 2.24) is 9.80 Å². The van der Waals surface area contributed by atoms with Gasteiger partial charge < -0.3 is 14.7 Å². The summed E-state index contributed by atoms with van der Waals surface area (Å²) in [4.78, 5) is 4.73. The molecule has 2 rings (SSSR count). The van der Waals surface area contributed by atoms with Crippen LogP contribution in [0.25, 0.3) is 0 Å². The molecule has 2 fully saturated rings. The third kappa shape index (κ3) is 3.67. The Kier molecular flexibility index (Phi) is 4.64. The molecule has 2 aliphatic rings.